The van der Waals surface area contributed by atoms with Crippen molar-refractivity contribution < 1.29 is 5.11 Å². The fraction of sp³-hybridized carbons (Fsp3) is 1.00. The van der Waals surface area contributed by atoms with Gasteiger partial charge in [-0.3, -0.25) is 0 Å². The van der Waals surface area contributed by atoms with E-state index in [9.17, 15) is 0 Å². The molecular formula is C10H18O. The molecule has 0 amide bonds. The van der Waals surface area contributed by atoms with Gasteiger partial charge in [0.15, 0.2) is 0 Å². The van der Waals surface area contributed by atoms with Gasteiger partial charge in [-0.05, 0) is 36.5 Å². The average Bonchev–Trinajstić information content (AvgIpc) is 2.55. The van der Waals surface area contributed by atoms with Crippen LogP contribution in [0.25, 0.3) is 0 Å². The summed E-state index contributed by atoms with van der Waals surface area (Å²) in [4.78, 5) is 0. The van der Waals surface area contributed by atoms with E-state index in [-0.39, 0.29) is 0 Å². The molecule has 3 atom stereocenters. The van der Waals surface area contributed by atoms with Crippen LogP contribution in [0.5, 0.6) is 0 Å². The Labute approximate surface area is 68.8 Å². The Kier molecular flexibility index (Phi) is 1.71. The standard InChI is InChI=1S/C10H18O/c1-2-8-4-3-5-10(8)6-9(10)7-11/h8-9,11H,2-7H2,1H3. The second-order valence-corrected chi connectivity index (χ2v) is 4.31. The van der Waals surface area contributed by atoms with Crippen molar-refractivity contribution in [2.24, 2.45) is 17.3 Å². The summed E-state index contributed by atoms with van der Waals surface area (Å²) < 4.78 is 0. The van der Waals surface area contributed by atoms with Gasteiger partial charge in [0.25, 0.3) is 0 Å². The van der Waals surface area contributed by atoms with E-state index >= 15 is 0 Å². The third-order valence-corrected chi connectivity index (χ3v) is 4.00. The minimum Gasteiger partial charge on any atom is -0.396 e. The van der Waals surface area contributed by atoms with Crippen LogP contribution in [-0.2, 0) is 0 Å². The molecule has 2 aliphatic rings. The van der Waals surface area contributed by atoms with Gasteiger partial charge in [0, 0.05) is 6.61 Å². The molecule has 11 heavy (non-hydrogen) atoms. The lowest BCUT2D eigenvalue weighted by Gasteiger charge is -2.17. The molecule has 2 fully saturated rings. The molecule has 0 aromatic carbocycles. The first-order valence-corrected chi connectivity index (χ1v) is 4.94. The number of hydrogen-bond donors (Lipinski definition) is 1. The Morgan fingerprint density at radius 1 is 1.45 bits per heavy atom. The van der Waals surface area contributed by atoms with E-state index in [1.807, 2.05) is 0 Å². The van der Waals surface area contributed by atoms with Gasteiger partial charge < -0.3 is 5.11 Å². The molecule has 0 heterocycles. The highest BCUT2D eigenvalue weighted by Gasteiger charge is 2.59. The van der Waals surface area contributed by atoms with Crippen molar-refractivity contribution in [1.82, 2.24) is 0 Å². The SMILES string of the molecule is CCC1CCCC12CC2CO. The Morgan fingerprint density at radius 3 is 2.82 bits per heavy atom. The summed E-state index contributed by atoms with van der Waals surface area (Å²) >= 11 is 0. The first kappa shape index (κ1) is 7.60. The molecule has 3 unspecified atom stereocenters. The van der Waals surface area contributed by atoms with Gasteiger partial charge in [0.1, 0.15) is 0 Å². The van der Waals surface area contributed by atoms with Crippen LogP contribution in [0.15, 0.2) is 0 Å². The highest BCUT2D eigenvalue weighted by atomic mass is 16.3. The minimum absolute atomic E-state index is 0.441. The van der Waals surface area contributed by atoms with E-state index in [1.54, 1.807) is 0 Å². The normalized spacial score (nSPS) is 48.5. The van der Waals surface area contributed by atoms with Crippen LogP contribution in [0.1, 0.15) is 39.0 Å². The monoisotopic (exact) mass is 154 g/mol. The van der Waals surface area contributed by atoms with Gasteiger partial charge in [-0.15, -0.1) is 0 Å². The first-order chi connectivity index (χ1) is 5.33. The highest BCUT2D eigenvalue weighted by Crippen LogP contribution is 2.66. The van der Waals surface area contributed by atoms with Gasteiger partial charge >= 0.3 is 0 Å². The van der Waals surface area contributed by atoms with Gasteiger partial charge in [-0.2, -0.15) is 0 Å². The maximum absolute atomic E-state index is 9.04. The third-order valence-electron chi connectivity index (χ3n) is 4.00. The van der Waals surface area contributed by atoms with Crippen LogP contribution in [-0.4, -0.2) is 11.7 Å². The fourth-order valence-electron chi connectivity index (χ4n) is 3.23. The maximum atomic E-state index is 9.04. The molecule has 1 heteroatoms. The predicted molar refractivity (Wildman–Crippen MR) is 45.3 cm³/mol. The molecule has 2 rings (SSSR count). The molecule has 1 N–H and O–H groups in total. The van der Waals surface area contributed by atoms with Crippen molar-refractivity contribution in [1.29, 1.82) is 0 Å². The molecular weight excluding hydrogens is 136 g/mol. The van der Waals surface area contributed by atoms with Crippen molar-refractivity contribution in [2.45, 2.75) is 39.0 Å². The number of rotatable bonds is 2. The Bertz CT molecular complexity index is 155. The van der Waals surface area contributed by atoms with Crippen molar-refractivity contribution in [3.05, 3.63) is 0 Å². The van der Waals surface area contributed by atoms with Gasteiger partial charge in [0.05, 0.1) is 0 Å². The lowest BCUT2D eigenvalue weighted by atomic mass is 9.88. The zero-order chi connectivity index (χ0) is 7.90. The summed E-state index contributed by atoms with van der Waals surface area (Å²) in [5.41, 5.74) is 0.628. The third kappa shape index (κ3) is 0.936. The summed E-state index contributed by atoms with van der Waals surface area (Å²) in [5, 5.41) is 9.04. The molecule has 0 aromatic heterocycles. The predicted octanol–water partition coefficient (Wildman–Crippen LogP) is 2.20. The molecule has 0 bridgehead atoms. The number of hydrogen-bond acceptors (Lipinski definition) is 1. The lowest BCUT2D eigenvalue weighted by molar-refractivity contribution is 0.224. The van der Waals surface area contributed by atoms with Crippen LogP contribution in [0.2, 0.25) is 0 Å². The van der Waals surface area contributed by atoms with E-state index in [0.717, 1.165) is 5.92 Å². The topological polar surface area (TPSA) is 20.2 Å². The van der Waals surface area contributed by atoms with Gasteiger partial charge in [-0.1, -0.05) is 19.8 Å². The van der Waals surface area contributed by atoms with E-state index in [0.29, 0.717) is 17.9 Å². The molecule has 0 aliphatic heterocycles. The summed E-state index contributed by atoms with van der Waals surface area (Å²) in [6.45, 7) is 2.74. The minimum atomic E-state index is 0.441. The van der Waals surface area contributed by atoms with Crippen LogP contribution in [0.4, 0.5) is 0 Å². The Hall–Kier alpha value is -0.0400. The fourth-order valence-corrected chi connectivity index (χ4v) is 3.23. The summed E-state index contributed by atoms with van der Waals surface area (Å²) in [7, 11) is 0. The first-order valence-electron chi connectivity index (χ1n) is 4.94. The van der Waals surface area contributed by atoms with E-state index in [4.69, 9.17) is 5.11 Å². The molecule has 0 saturated heterocycles. The smallest absolute Gasteiger partial charge is 0.0464 e. The highest BCUT2D eigenvalue weighted by molar-refractivity contribution is 5.08. The second-order valence-electron chi connectivity index (χ2n) is 4.31. The zero-order valence-electron chi connectivity index (χ0n) is 7.34. The zero-order valence-corrected chi connectivity index (χ0v) is 7.34. The Morgan fingerprint density at radius 2 is 2.27 bits per heavy atom. The van der Waals surface area contributed by atoms with E-state index in [1.165, 1.54) is 32.1 Å². The quantitative estimate of drug-likeness (QED) is 0.646. The van der Waals surface area contributed by atoms with Crippen LogP contribution in [0.3, 0.4) is 0 Å². The lowest BCUT2D eigenvalue weighted by Crippen LogP contribution is -2.11. The molecule has 0 radical (unpaired) electrons. The van der Waals surface area contributed by atoms with Crippen molar-refractivity contribution >= 4 is 0 Å². The van der Waals surface area contributed by atoms with Crippen molar-refractivity contribution in [3.63, 3.8) is 0 Å². The number of aliphatic hydroxyl groups is 1. The second kappa shape index (κ2) is 2.48. The van der Waals surface area contributed by atoms with Gasteiger partial charge in [0.2, 0.25) is 0 Å². The van der Waals surface area contributed by atoms with Gasteiger partial charge in [-0.25, -0.2) is 0 Å². The van der Waals surface area contributed by atoms with Crippen molar-refractivity contribution in [2.75, 3.05) is 6.61 Å². The van der Waals surface area contributed by atoms with E-state index < -0.39 is 0 Å². The molecule has 2 saturated carbocycles. The Balaban J connectivity index is 2.03. The van der Waals surface area contributed by atoms with Crippen LogP contribution in [0, 0.1) is 17.3 Å². The summed E-state index contributed by atoms with van der Waals surface area (Å²) in [5.74, 6) is 1.62. The molecule has 1 nitrogen and oxygen atoms in total. The summed E-state index contributed by atoms with van der Waals surface area (Å²) in [6.07, 6.45) is 6.89. The number of aliphatic hydroxyl groups excluding tert-OH is 1. The molecule has 2 aliphatic carbocycles. The molecule has 1 spiro atoms. The largest absolute Gasteiger partial charge is 0.396 e. The van der Waals surface area contributed by atoms with Crippen LogP contribution < -0.4 is 0 Å². The molecule has 0 aromatic rings. The maximum Gasteiger partial charge on any atom is 0.0464 e. The van der Waals surface area contributed by atoms with Crippen LogP contribution >= 0.6 is 0 Å². The van der Waals surface area contributed by atoms with E-state index in [2.05, 4.69) is 6.92 Å². The van der Waals surface area contributed by atoms with Crippen molar-refractivity contribution in [3.8, 4) is 0 Å². The average molecular weight is 154 g/mol. The summed E-state index contributed by atoms with van der Waals surface area (Å²) in [6, 6.07) is 0. The molecule has 64 valence electrons.